The second kappa shape index (κ2) is 4.46. The zero-order valence-electron chi connectivity index (χ0n) is 9.60. The van der Waals surface area contributed by atoms with Crippen LogP contribution in [0, 0.1) is 0 Å². The van der Waals surface area contributed by atoms with E-state index in [4.69, 9.17) is 0 Å². The molecule has 0 unspecified atom stereocenters. The van der Waals surface area contributed by atoms with Gasteiger partial charge in [0.05, 0.1) is 0 Å². The third-order valence-corrected chi connectivity index (χ3v) is 3.51. The van der Waals surface area contributed by atoms with E-state index in [0.29, 0.717) is 5.75 Å². The molecule has 88 valence electrons. The molecule has 3 rings (SSSR count). The number of phenolic OH excluding ortho intramolecular Hbond substituents is 1. The molecule has 0 saturated carbocycles. The molecule has 3 aromatic rings. The van der Waals surface area contributed by atoms with Gasteiger partial charge in [0.15, 0.2) is 0 Å². The van der Waals surface area contributed by atoms with Crippen LogP contribution in [0.5, 0.6) is 5.75 Å². The SMILES string of the molecule is Oc1ccc(-c2cccc3cc(Br)ccc23)cc1. The zero-order chi connectivity index (χ0) is 12.5. The van der Waals surface area contributed by atoms with Gasteiger partial charge in [-0.15, -0.1) is 0 Å². The number of hydrogen-bond acceptors (Lipinski definition) is 1. The van der Waals surface area contributed by atoms with Crippen LogP contribution in [0.2, 0.25) is 0 Å². The molecular formula is C16H11BrO. The molecule has 0 atom stereocenters. The molecule has 0 aromatic heterocycles. The van der Waals surface area contributed by atoms with Crippen LogP contribution in [0.4, 0.5) is 0 Å². The Morgan fingerprint density at radius 1 is 0.833 bits per heavy atom. The molecule has 0 bridgehead atoms. The van der Waals surface area contributed by atoms with Gasteiger partial charge in [-0.2, -0.15) is 0 Å². The van der Waals surface area contributed by atoms with Gasteiger partial charge in [-0.1, -0.05) is 52.3 Å². The van der Waals surface area contributed by atoms with Gasteiger partial charge >= 0.3 is 0 Å². The average molecular weight is 299 g/mol. The molecule has 0 aliphatic rings. The normalized spacial score (nSPS) is 10.7. The third kappa shape index (κ3) is 2.00. The van der Waals surface area contributed by atoms with Crippen LogP contribution in [0.3, 0.4) is 0 Å². The first-order chi connectivity index (χ1) is 8.74. The summed E-state index contributed by atoms with van der Waals surface area (Å²) in [6.45, 7) is 0. The lowest BCUT2D eigenvalue weighted by Gasteiger charge is -2.07. The summed E-state index contributed by atoms with van der Waals surface area (Å²) in [5, 5.41) is 11.8. The largest absolute Gasteiger partial charge is 0.508 e. The van der Waals surface area contributed by atoms with E-state index in [2.05, 4.69) is 46.3 Å². The van der Waals surface area contributed by atoms with Gasteiger partial charge in [0, 0.05) is 4.47 Å². The van der Waals surface area contributed by atoms with E-state index in [1.807, 2.05) is 18.2 Å². The Bertz CT molecular complexity index is 702. The fourth-order valence-electron chi connectivity index (χ4n) is 2.15. The van der Waals surface area contributed by atoms with Crippen LogP contribution in [-0.2, 0) is 0 Å². The van der Waals surface area contributed by atoms with E-state index in [-0.39, 0.29) is 0 Å². The van der Waals surface area contributed by atoms with E-state index in [1.165, 1.54) is 16.3 Å². The van der Waals surface area contributed by atoms with E-state index >= 15 is 0 Å². The molecular weight excluding hydrogens is 288 g/mol. The predicted octanol–water partition coefficient (Wildman–Crippen LogP) is 4.97. The number of aromatic hydroxyl groups is 1. The second-order valence-electron chi connectivity index (χ2n) is 4.22. The van der Waals surface area contributed by atoms with E-state index in [1.54, 1.807) is 12.1 Å². The highest BCUT2D eigenvalue weighted by Crippen LogP contribution is 2.31. The van der Waals surface area contributed by atoms with Gasteiger partial charge in [-0.05, 0) is 46.2 Å². The summed E-state index contributed by atoms with van der Waals surface area (Å²) in [6, 6.07) is 19.8. The van der Waals surface area contributed by atoms with Gasteiger partial charge in [0.25, 0.3) is 0 Å². The van der Waals surface area contributed by atoms with E-state index < -0.39 is 0 Å². The van der Waals surface area contributed by atoms with E-state index in [9.17, 15) is 5.11 Å². The molecule has 0 radical (unpaired) electrons. The number of benzene rings is 3. The minimum Gasteiger partial charge on any atom is -0.508 e. The van der Waals surface area contributed by atoms with Crippen molar-refractivity contribution in [2.75, 3.05) is 0 Å². The van der Waals surface area contributed by atoms with Crippen LogP contribution < -0.4 is 0 Å². The van der Waals surface area contributed by atoms with Crippen molar-refractivity contribution in [3.8, 4) is 16.9 Å². The first-order valence-corrected chi connectivity index (χ1v) is 6.51. The van der Waals surface area contributed by atoms with Crippen LogP contribution in [-0.4, -0.2) is 5.11 Å². The summed E-state index contributed by atoms with van der Waals surface area (Å²) in [5.74, 6) is 0.293. The standard InChI is InChI=1S/C16H11BrO/c17-13-6-9-16-12(10-13)2-1-3-15(16)11-4-7-14(18)8-5-11/h1-10,18H. The molecule has 0 aliphatic heterocycles. The maximum Gasteiger partial charge on any atom is 0.115 e. The van der Waals surface area contributed by atoms with Crippen molar-refractivity contribution in [3.05, 3.63) is 65.1 Å². The maximum absolute atomic E-state index is 9.35. The van der Waals surface area contributed by atoms with E-state index in [0.717, 1.165) is 10.0 Å². The molecule has 2 heteroatoms. The Morgan fingerprint density at radius 3 is 2.39 bits per heavy atom. The molecule has 0 heterocycles. The van der Waals surface area contributed by atoms with Gasteiger partial charge in [0.1, 0.15) is 5.75 Å². The topological polar surface area (TPSA) is 20.2 Å². The number of rotatable bonds is 1. The summed E-state index contributed by atoms with van der Waals surface area (Å²) in [7, 11) is 0. The van der Waals surface area contributed by atoms with Crippen molar-refractivity contribution in [3.63, 3.8) is 0 Å². The van der Waals surface area contributed by atoms with Crippen LogP contribution >= 0.6 is 15.9 Å². The van der Waals surface area contributed by atoms with Crippen molar-refractivity contribution < 1.29 is 5.11 Å². The van der Waals surface area contributed by atoms with Gasteiger partial charge < -0.3 is 5.11 Å². The van der Waals surface area contributed by atoms with Crippen molar-refractivity contribution in [2.24, 2.45) is 0 Å². The minimum atomic E-state index is 0.293. The Labute approximate surface area is 114 Å². The molecule has 0 amide bonds. The van der Waals surface area contributed by atoms with Crippen molar-refractivity contribution >= 4 is 26.7 Å². The summed E-state index contributed by atoms with van der Waals surface area (Å²) in [5.41, 5.74) is 2.29. The zero-order valence-corrected chi connectivity index (χ0v) is 11.2. The molecule has 1 nitrogen and oxygen atoms in total. The summed E-state index contributed by atoms with van der Waals surface area (Å²) < 4.78 is 1.08. The third-order valence-electron chi connectivity index (χ3n) is 3.02. The minimum absolute atomic E-state index is 0.293. The Morgan fingerprint density at radius 2 is 1.61 bits per heavy atom. The lowest BCUT2D eigenvalue weighted by molar-refractivity contribution is 0.475. The van der Waals surface area contributed by atoms with Crippen LogP contribution in [0.1, 0.15) is 0 Å². The highest BCUT2D eigenvalue weighted by Gasteiger charge is 2.03. The Balaban J connectivity index is 2.26. The van der Waals surface area contributed by atoms with Crippen molar-refractivity contribution in [1.29, 1.82) is 0 Å². The van der Waals surface area contributed by atoms with Crippen molar-refractivity contribution in [1.82, 2.24) is 0 Å². The first-order valence-electron chi connectivity index (χ1n) is 5.72. The molecule has 0 saturated heterocycles. The molecule has 1 N–H and O–H groups in total. The molecule has 0 aliphatic carbocycles. The van der Waals surface area contributed by atoms with Gasteiger partial charge in [-0.25, -0.2) is 0 Å². The highest BCUT2D eigenvalue weighted by atomic mass is 79.9. The van der Waals surface area contributed by atoms with Gasteiger partial charge in [0.2, 0.25) is 0 Å². The predicted molar refractivity (Wildman–Crippen MR) is 78.7 cm³/mol. The first kappa shape index (κ1) is 11.3. The smallest absolute Gasteiger partial charge is 0.115 e. The van der Waals surface area contributed by atoms with Crippen molar-refractivity contribution in [2.45, 2.75) is 0 Å². The second-order valence-corrected chi connectivity index (χ2v) is 5.13. The molecule has 0 spiro atoms. The highest BCUT2D eigenvalue weighted by molar-refractivity contribution is 9.10. The lowest BCUT2D eigenvalue weighted by atomic mass is 9.98. The van der Waals surface area contributed by atoms with Crippen LogP contribution in [0.15, 0.2) is 65.1 Å². The average Bonchev–Trinajstić information content (AvgIpc) is 2.38. The quantitative estimate of drug-likeness (QED) is 0.672. The number of fused-ring (bicyclic) bond motifs is 1. The summed E-state index contributed by atoms with van der Waals surface area (Å²) >= 11 is 3.49. The molecule has 3 aromatic carbocycles. The lowest BCUT2D eigenvalue weighted by Crippen LogP contribution is -1.81. The maximum atomic E-state index is 9.35. The fourth-order valence-corrected chi connectivity index (χ4v) is 2.53. The number of hydrogen-bond donors (Lipinski definition) is 1. The number of phenols is 1. The Kier molecular flexibility index (Phi) is 2.80. The number of halogens is 1. The van der Waals surface area contributed by atoms with Crippen LogP contribution in [0.25, 0.3) is 21.9 Å². The molecule has 0 fully saturated rings. The van der Waals surface area contributed by atoms with Gasteiger partial charge in [-0.3, -0.25) is 0 Å². The molecule has 18 heavy (non-hydrogen) atoms. The monoisotopic (exact) mass is 298 g/mol. The summed E-state index contributed by atoms with van der Waals surface area (Å²) in [6.07, 6.45) is 0. The fraction of sp³-hybridized carbons (Fsp3) is 0. The Hall–Kier alpha value is -1.80. The summed E-state index contributed by atoms with van der Waals surface area (Å²) in [4.78, 5) is 0.